The molecule has 4 heteroatoms. The fraction of sp³-hybridized carbons (Fsp3) is 0.364. The largest absolute Gasteiger partial charge is 0.504 e. The number of ether oxygens (including phenoxy) is 2. The number of benzene rings is 1. The number of phenols is 1. The van der Waals surface area contributed by atoms with Gasteiger partial charge >= 0.3 is 5.97 Å². The van der Waals surface area contributed by atoms with Gasteiger partial charge in [0.15, 0.2) is 11.5 Å². The van der Waals surface area contributed by atoms with Gasteiger partial charge in [-0.2, -0.15) is 0 Å². The van der Waals surface area contributed by atoms with Gasteiger partial charge < -0.3 is 14.6 Å². The third-order valence-corrected chi connectivity index (χ3v) is 1.43. The Labute approximate surface area is 89.4 Å². The predicted molar refractivity (Wildman–Crippen MR) is 57.0 cm³/mol. The highest BCUT2D eigenvalue weighted by Gasteiger charge is 1.94. The zero-order valence-corrected chi connectivity index (χ0v) is 9.19. The van der Waals surface area contributed by atoms with E-state index in [0.29, 0.717) is 12.4 Å². The molecule has 15 heavy (non-hydrogen) atoms. The summed E-state index contributed by atoms with van der Waals surface area (Å²) in [6, 6.07) is 6.84. The summed E-state index contributed by atoms with van der Waals surface area (Å²) in [7, 11) is 1.52. The maximum Gasteiger partial charge on any atom is 0.302 e. The molecular formula is C11H16O4. The van der Waals surface area contributed by atoms with Gasteiger partial charge in [-0.05, 0) is 19.1 Å². The number of rotatable bonds is 2. The number of aromatic hydroxyl groups is 1. The second-order valence-corrected chi connectivity index (χ2v) is 2.60. The number of hydrogen-bond donors (Lipinski definition) is 1. The lowest BCUT2D eigenvalue weighted by atomic mass is 10.3. The Kier molecular flexibility index (Phi) is 6.80. The van der Waals surface area contributed by atoms with Gasteiger partial charge in [-0.3, -0.25) is 4.79 Å². The minimum atomic E-state index is -0.211. The first kappa shape index (κ1) is 13.3. The number of carbonyl (C=O) groups excluding carboxylic acids is 1. The molecule has 1 aromatic rings. The molecule has 0 unspecified atom stereocenters. The summed E-state index contributed by atoms with van der Waals surface area (Å²) < 4.78 is 9.20. The Morgan fingerprint density at radius 2 is 2.00 bits per heavy atom. The lowest BCUT2D eigenvalue weighted by molar-refractivity contribution is -0.140. The molecule has 0 atom stereocenters. The average Bonchev–Trinajstić information content (AvgIpc) is 2.19. The summed E-state index contributed by atoms with van der Waals surface area (Å²) in [6.45, 7) is 3.65. The number of carbonyl (C=O) groups is 1. The van der Waals surface area contributed by atoms with Crippen molar-refractivity contribution in [2.24, 2.45) is 0 Å². The van der Waals surface area contributed by atoms with Crippen LogP contribution in [-0.2, 0) is 9.53 Å². The van der Waals surface area contributed by atoms with Crippen LogP contribution in [0.3, 0.4) is 0 Å². The van der Waals surface area contributed by atoms with Gasteiger partial charge in [0, 0.05) is 6.92 Å². The smallest absolute Gasteiger partial charge is 0.302 e. The van der Waals surface area contributed by atoms with Crippen LogP contribution in [0.5, 0.6) is 11.5 Å². The van der Waals surface area contributed by atoms with Crippen LogP contribution in [-0.4, -0.2) is 24.8 Å². The lowest BCUT2D eigenvalue weighted by Gasteiger charge is -1.99. The Hall–Kier alpha value is -1.71. The molecule has 1 rings (SSSR count). The van der Waals surface area contributed by atoms with Crippen LogP contribution in [0.1, 0.15) is 13.8 Å². The molecule has 0 aromatic heterocycles. The molecule has 0 radical (unpaired) electrons. The summed E-state index contributed by atoms with van der Waals surface area (Å²) in [5, 5.41) is 8.99. The van der Waals surface area contributed by atoms with Gasteiger partial charge in [0.25, 0.3) is 0 Å². The number of para-hydroxylation sites is 2. The van der Waals surface area contributed by atoms with Crippen molar-refractivity contribution in [1.29, 1.82) is 0 Å². The average molecular weight is 212 g/mol. The van der Waals surface area contributed by atoms with E-state index < -0.39 is 0 Å². The van der Waals surface area contributed by atoms with E-state index in [4.69, 9.17) is 9.84 Å². The van der Waals surface area contributed by atoms with E-state index in [-0.39, 0.29) is 11.7 Å². The maximum absolute atomic E-state index is 9.82. The Morgan fingerprint density at radius 3 is 2.27 bits per heavy atom. The standard InChI is InChI=1S/C7H8O2.C4H8O2/c1-9-7-5-3-2-4-6(7)8;1-3-6-4(2)5/h2-5,8H,1H3;3H2,1-2H3. The molecule has 4 nitrogen and oxygen atoms in total. The molecule has 1 N–H and O–H groups in total. The van der Waals surface area contributed by atoms with Gasteiger partial charge in [-0.15, -0.1) is 0 Å². The Balaban J connectivity index is 0.000000288. The zero-order valence-electron chi connectivity index (χ0n) is 9.19. The number of methoxy groups -OCH3 is 1. The molecule has 0 saturated heterocycles. The molecule has 84 valence electrons. The molecule has 0 bridgehead atoms. The van der Waals surface area contributed by atoms with Gasteiger partial charge in [0.05, 0.1) is 13.7 Å². The first-order valence-electron chi connectivity index (χ1n) is 4.57. The molecule has 0 spiro atoms. The minimum Gasteiger partial charge on any atom is -0.504 e. The molecular weight excluding hydrogens is 196 g/mol. The van der Waals surface area contributed by atoms with Gasteiger partial charge in [-0.25, -0.2) is 0 Å². The highest BCUT2D eigenvalue weighted by molar-refractivity contribution is 5.65. The number of hydrogen-bond acceptors (Lipinski definition) is 4. The molecule has 0 aliphatic heterocycles. The first-order chi connectivity index (χ1) is 7.11. The van der Waals surface area contributed by atoms with E-state index >= 15 is 0 Å². The summed E-state index contributed by atoms with van der Waals surface area (Å²) >= 11 is 0. The number of phenolic OH excluding ortho intramolecular Hbond substituents is 1. The van der Waals surface area contributed by atoms with Crippen LogP contribution in [0.4, 0.5) is 0 Å². The van der Waals surface area contributed by atoms with Crippen molar-refractivity contribution in [3.63, 3.8) is 0 Å². The summed E-state index contributed by atoms with van der Waals surface area (Å²) in [5.74, 6) is 0.481. The summed E-state index contributed by atoms with van der Waals surface area (Å²) in [6.07, 6.45) is 0. The van der Waals surface area contributed by atoms with Gasteiger partial charge in [0.1, 0.15) is 0 Å². The number of esters is 1. The molecule has 0 aliphatic rings. The molecule has 0 heterocycles. The Morgan fingerprint density at radius 1 is 1.40 bits per heavy atom. The third kappa shape index (κ3) is 6.37. The highest BCUT2D eigenvalue weighted by Crippen LogP contribution is 2.22. The van der Waals surface area contributed by atoms with Crippen LogP contribution < -0.4 is 4.74 Å². The van der Waals surface area contributed by atoms with Crippen molar-refractivity contribution >= 4 is 5.97 Å². The van der Waals surface area contributed by atoms with Crippen LogP contribution >= 0.6 is 0 Å². The van der Waals surface area contributed by atoms with Crippen molar-refractivity contribution in [2.45, 2.75) is 13.8 Å². The maximum atomic E-state index is 9.82. The summed E-state index contributed by atoms with van der Waals surface area (Å²) in [4.78, 5) is 9.82. The minimum absolute atomic E-state index is 0.181. The van der Waals surface area contributed by atoms with E-state index in [0.717, 1.165) is 0 Å². The van der Waals surface area contributed by atoms with Crippen molar-refractivity contribution in [3.05, 3.63) is 24.3 Å². The second-order valence-electron chi connectivity index (χ2n) is 2.60. The molecule has 0 saturated carbocycles. The molecule has 0 fully saturated rings. The molecule has 0 amide bonds. The van der Waals surface area contributed by atoms with Gasteiger partial charge in [-0.1, -0.05) is 12.1 Å². The lowest BCUT2D eigenvalue weighted by Crippen LogP contribution is -1.95. The van der Waals surface area contributed by atoms with Crippen molar-refractivity contribution in [1.82, 2.24) is 0 Å². The predicted octanol–water partition coefficient (Wildman–Crippen LogP) is 1.97. The van der Waals surface area contributed by atoms with E-state index in [9.17, 15) is 4.79 Å². The van der Waals surface area contributed by atoms with Crippen LogP contribution in [0.15, 0.2) is 24.3 Å². The van der Waals surface area contributed by atoms with Crippen molar-refractivity contribution in [2.75, 3.05) is 13.7 Å². The van der Waals surface area contributed by atoms with Crippen molar-refractivity contribution < 1.29 is 19.4 Å². The van der Waals surface area contributed by atoms with E-state index in [2.05, 4.69) is 4.74 Å². The topological polar surface area (TPSA) is 55.8 Å². The molecule has 1 aromatic carbocycles. The van der Waals surface area contributed by atoms with Crippen LogP contribution in [0.2, 0.25) is 0 Å². The summed E-state index contributed by atoms with van der Waals surface area (Å²) in [5.41, 5.74) is 0. The SMILES string of the molecule is CCOC(C)=O.COc1ccccc1O. The normalized spacial score (nSPS) is 8.47. The monoisotopic (exact) mass is 212 g/mol. The zero-order chi connectivity index (χ0) is 11.7. The van der Waals surface area contributed by atoms with E-state index in [1.165, 1.54) is 14.0 Å². The van der Waals surface area contributed by atoms with Crippen LogP contribution in [0, 0.1) is 0 Å². The Bertz CT molecular complexity index is 296. The molecule has 0 aliphatic carbocycles. The fourth-order valence-corrected chi connectivity index (χ4v) is 0.833. The van der Waals surface area contributed by atoms with Crippen LogP contribution in [0.25, 0.3) is 0 Å². The van der Waals surface area contributed by atoms with Crippen molar-refractivity contribution in [3.8, 4) is 11.5 Å². The van der Waals surface area contributed by atoms with Gasteiger partial charge in [0.2, 0.25) is 0 Å². The first-order valence-corrected chi connectivity index (χ1v) is 4.57. The fourth-order valence-electron chi connectivity index (χ4n) is 0.833. The third-order valence-electron chi connectivity index (χ3n) is 1.43. The quantitative estimate of drug-likeness (QED) is 0.761. The van der Waals surface area contributed by atoms with E-state index in [1.807, 2.05) is 0 Å². The van der Waals surface area contributed by atoms with E-state index in [1.54, 1.807) is 31.2 Å². The highest BCUT2D eigenvalue weighted by atomic mass is 16.5. The second kappa shape index (κ2) is 7.67.